The van der Waals surface area contributed by atoms with E-state index in [1.807, 2.05) is 19.1 Å². The molecule has 152 valence electrons. The first-order chi connectivity index (χ1) is 13.9. The van der Waals surface area contributed by atoms with Crippen molar-refractivity contribution in [2.75, 3.05) is 13.7 Å². The minimum atomic E-state index is -0.529. The second kappa shape index (κ2) is 8.82. The van der Waals surface area contributed by atoms with Crippen LogP contribution in [0.4, 0.5) is 0 Å². The van der Waals surface area contributed by atoms with Gasteiger partial charge in [0.15, 0.2) is 6.61 Å². The maximum atomic E-state index is 12.1. The van der Waals surface area contributed by atoms with E-state index < -0.39 is 11.6 Å². The lowest BCUT2D eigenvalue weighted by molar-refractivity contribution is -0.147. The van der Waals surface area contributed by atoms with E-state index in [0.717, 1.165) is 16.5 Å². The molecule has 0 saturated carbocycles. The summed E-state index contributed by atoms with van der Waals surface area (Å²) in [6, 6.07) is 12.1. The molecule has 6 nitrogen and oxygen atoms in total. The van der Waals surface area contributed by atoms with Crippen molar-refractivity contribution in [1.82, 2.24) is 0 Å². The Labute approximate surface area is 169 Å². The van der Waals surface area contributed by atoms with Gasteiger partial charge in [-0.1, -0.05) is 13.8 Å². The van der Waals surface area contributed by atoms with Gasteiger partial charge in [-0.25, -0.2) is 9.59 Å². The highest BCUT2D eigenvalue weighted by atomic mass is 16.6. The number of esters is 1. The molecule has 0 bridgehead atoms. The molecule has 0 saturated heterocycles. The van der Waals surface area contributed by atoms with Crippen LogP contribution in [0.3, 0.4) is 0 Å². The molecule has 0 unspecified atom stereocenters. The van der Waals surface area contributed by atoms with Gasteiger partial charge in [0.2, 0.25) is 0 Å². The zero-order valence-corrected chi connectivity index (χ0v) is 17.0. The van der Waals surface area contributed by atoms with Gasteiger partial charge in [0.25, 0.3) is 0 Å². The van der Waals surface area contributed by atoms with Crippen molar-refractivity contribution in [3.8, 4) is 11.5 Å². The molecule has 2 aromatic carbocycles. The van der Waals surface area contributed by atoms with E-state index in [1.165, 1.54) is 6.07 Å². The van der Waals surface area contributed by atoms with Crippen molar-refractivity contribution >= 4 is 16.9 Å². The zero-order chi connectivity index (χ0) is 21.0. The number of ether oxygens (including phenoxy) is 3. The first-order valence-corrected chi connectivity index (χ1v) is 9.37. The highest BCUT2D eigenvalue weighted by Crippen LogP contribution is 2.27. The molecule has 3 aromatic rings. The van der Waals surface area contributed by atoms with Gasteiger partial charge >= 0.3 is 11.6 Å². The monoisotopic (exact) mass is 396 g/mol. The van der Waals surface area contributed by atoms with Crippen LogP contribution < -0.4 is 15.1 Å². The van der Waals surface area contributed by atoms with E-state index in [-0.39, 0.29) is 13.2 Å². The first kappa shape index (κ1) is 20.5. The van der Waals surface area contributed by atoms with Crippen molar-refractivity contribution in [2.24, 2.45) is 0 Å². The maximum absolute atomic E-state index is 12.1. The molecule has 0 spiro atoms. The third kappa shape index (κ3) is 4.96. The number of benzene rings is 2. The van der Waals surface area contributed by atoms with Gasteiger partial charge in [0.05, 0.1) is 7.11 Å². The van der Waals surface area contributed by atoms with Crippen molar-refractivity contribution in [3.63, 3.8) is 0 Å². The Morgan fingerprint density at radius 2 is 1.76 bits per heavy atom. The van der Waals surface area contributed by atoms with Crippen LogP contribution in [0.15, 0.2) is 51.7 Å². The maximum Gasteiger partial charge on any atom is 0.344 e. The summed E-state index contributed by atoms with van der Waals surface area (Å²) in [6.45, 7) is 5.92. The van der Waals surface area contributed by atoms with Gasteiger partial charge in [0.1, 0.15) is 23.7 Å². The van der Waals surface area contributed by atoms with Crippen LogP contribution >= 0.6 is 0 Å². The number of carbonyl (C=O) groups is 1. The number of hydrogen-bond donors (Lipinski definition) is 0. The molecule has 0 fully saturated rings. The van der Waals surface area contributed by atoms with Crippen molar-refractivity contribution < 1.29 is 23.4 Å². The average Bonchev–Trinajstić information content (AvgIpc) is 2.69. The summed E-state index contributed by atoms with van der Waals surface area (Å²) in [4.78, 5) is 24.0. The molecule has 29 heavy (non-hydrogen) atoms. The standard InChI is InChI=1S/C23H24O6/c1-14(2)19-11-20-16(10-22(24)29-21(20)9-15(19)3)12-28-23(25)13-27-18-7-5-17(26-4)6-8-18/h5-11,14H,12-13H2,1-4H3. The highest BCUT2D eigenvalue weighted by Gasteiger charge is 2.13. The summed E-state index contributed by atoms with van der Waals surface area (Å²) in [5.74, 6) is 1.02. The van der Waals surface area contributed by atoms with Crippen LogP contribution in [0, 0.1) is 6.92 Å². The van der Waals surface area contributed by atoms with E-state index in [1.54, 1.807) is 31.4 Å². The second-order valence-electron chi connectivity index (χ2n) is 7.08. The molecule has 0 N–H and O–H groups in total. The quantitative estimate of drug-likeness (QED) is 0.436. The lowest BCUT2D eigenvalue weighted by Crippen LogP contribution is -2.15. The van der Waals surface area contributed by atoms with Gasteiger partial charge in [-0.2, -0.15) is 0 Å². The van der Waals surface area contributed by atoms with Crippen molar-refractivity contribution in [2.45, 2.75) is 33.3 Å². The third-order valence-corrected chi connectivity index (χ3v) is 4.64. The molecule has 0 aliphatic carbocycles. The van der Waals surface area contributed by atoms with E-state index in [0.29, 0.717) is 28.6 Å². The van der Waals surface area contributed by atoms with E-state index in [2.05, 4.69) is 13.8 Å². The molecule has 0 amide bonds. The van der Waals surface area contributed by atoms with Crippen molar-refractivity contribution in [3.05, 3.63) is 69.6 Å². The number of rotatable bonds is 7. The lowest BCUT2D eigenvalue weighted by Gasteiger charge is -2.13. The Morgan fingerprint density at radius 3 is 2.41 bits per heavy atom. The summed E-state index contributed by atoms with van der Waals surface area (Å²) in [6.07, 6.45) is 0. The van der Waals surface area contributed by atoms with Crippen LogP contribution in [0.25, 0.3) is 11.0 Å². The normalized spacial score (nSPS) is 10.9. The molecule has 3 rings (SSSR count). The van der Waals surface area contributed by atoms with Gasteiger partial charge in [-0.3, -0.25) is 0 Å². The molecule has 1 aromatic heterocycles. The fraction of sp³-hybridized carbons (Fsp3) is 0.304. The van der Waals surface area contributed by atoms with Crippen LogP contribution in [-0.4, -0.2) is 19.7 Å². The largest absolute Gasteiger partial charge is 0.497 e. The van der Waals surface area contributed by atoms with E-state index in [9.17, 15) is 9.59 Å². The third-order valence-electron chi connectivity index (χ3n) is 4.64. The highest BCUT2D eigenvalue weighted by molar-refractivity contribution is 5.82. The van der Waals surface area contributed by atoms with Gasteiger partial charge < -0.3 is 18.6 Å². The number of methoxy groups -OCH3 is 1. The van der Waals surface area contributed by atoms with E-state index in [4.69, 9.17) is 18.6 Å². The summed E-state index contributed by atoms with van der Waals surface area (Å²) < 4.78 is 21.1. The molecule has 0 aliphatic heterocycles. The fourth-order valence-corrected chi connectivity index (χ4v) is 3.15. The van der Waals surface area contributed by atoms with Crippen molar-refractivity contribution in [1.29, 1.82) is 0 Å². The average molecular weight is 396 g/mol. The predicted octanol–water partition coefficient (Wildman–Crippen LogP) is 4.36. The number of fused-ring (bicyclic) bond motifs is 1. The van der Waals surface area contributed by atoms with Crippen LogP contribution in [-0.2, 0) is 16.1 Å². The van der Waals surface area contributed by atoms with Crippen LogP contribution in [0.1, 0.15) is 36.5 Å². The molecular formula is C23H24O6. The predicted molar refractivity (Wildman–Crippen MR) is 110 cm³/mol. The van der Waals surface area contributed by atoms with E-state index >= 15 is 0 Å². The topological polar surface area (TPSA) is 75.0 Å². The number of aryl methyl sites for hydroxylation is 1. The SMILES string of the molecule is COc1ccc(OCC(=O)OCc2cc(=O)oc3cc(C)c(C(C)C)cc23)cc1. The van der Waals surface area contributed by atoms with Crippen LogP contribution in [0.2, 0.25) is 0 Å². The number of carbonyl (C=O) groups excluding carboxylic acids is 1. The second-order valence-corrected chi connectivity index (χ2v) is 7.08. The van der Waals surface area contributed by atoms with Gasteiger partial charge in [-0.05, 0) is 60.4 Å². The Balaban J connectivity index is 1.71. The van der Waals surface area contributed by atoms with Gasteiger partial charge in [-0.15, -0.1) is 0 Å². The molecular weight excluding hydrogens is 372 g/mol. The molecule has 0 atom stereocenters. The minimum Gasteiger partial charge on any atom is -0.497 e. The van der Waals surface area contributed by atoms with Crippen LogP contribution in [0.5, 0.6) is 11.5 Å². The fourth-order valence-electron chi connectivity index (χ4n) is 3.15. The first-order valence-electron chi connectivity index (χ1n) is 9.37. The molecule has 0 radical (unpaired) electrons. The smallest absolute Gasteiger partial charge is 0.344 e. The summed E-state index contributed by atoms with van der Waals surface area (Å²) >= 11 is 0. The lowest BCUT2D eigenvalue weighted by atomic mass is 9.95. The molecule has 1 heterocycles. The minimum absolute atomic E-state index is 0.0342. The Kier molecular flexibility index (Phi) is 6.22. The van der Waals surface area contributed by atoms with Gasteiger partial charge in [0, 0.05) is 17.0 Å². The Hall–Kier alpha value is -3.28. The summed E-state index contributed by atoms with van der Waals surface area (Å²) in [7, 11) is 1.58. The molecule has 6 heteroatoms. The summed E-state index contributed by atoms with van der Waals surface area (Å²) in [5.41, 5.74) is 2.82. The zero-order valence-electron chi connectivity index (χ0n) is 17.0. The summed E-state index contributed by atoms with van der Waals surface area (Å²) in [5, 5.41) is 0.766. The Bertz CT molecular complexity index is 1060. The number of hydrogen-bond acceptors (Lipinski definition) is 6. The Morgan fingerprint density at radius 1 is 1.07 bits per heavy atom. The molecule has 0 aliphatic rings.